The van der Waals surface area contributed by atoms with Crippen LogP contribution in [0.3, 0.4) is 0 Å². The molecule has 4 heterocycles. The number of rotatable bonds is 16. The summed E-state index contributed by atoms with van der Waals surface area (Å²) >= 11 is 0. The van der Waals surface area contributed by atoms with Gasteiger partial charge in [-0.15, -0.1) is 0 Å². The number of hydrogen-bond donors (Lipinski definition) is 4. The molecule has 0 aliphatic carbocycles. The van der Waals surface area contributed by atoms with Gasteiger partial charge in [0.25, 0.3) is 0 Å². The summed E-state index contributed by atoms with van der Waals surface area (Å²) in [6.07, 6.45) is 1.63. The maximum absolute atomic E-state index is 5.33. The van der Waals surface area contributed by atoms with Crippen LogP contribution in [0.15, 0.2) is 0 Å². The molecule has 4 saturated heterocycles. The molecular formula is C17H32N4O4. The lowest BCUT2D eigenvalue weighted by Crippen LogP contribution is -2.55. The van der Waals surface area contributed by atoms with Crippen LogP contribution in [0.25, 0.3) is 0 Å². The first kappa shape index (κ1) is 18.1. The molecule has 4 unspecified atom stereocenters. The van der Waals surface area contributed by atoms with E-state index in [1.807, 2.05) is 0 Å². The van der Waals surface area contributed by atoms with Crippen molar-refractivity contribution in [2.45, 2.75) is 24.4 Å². The molecule has 0 aromatic rings. The molecule has 4 atom stereocenters. The third kappa shape index (κ3) is 7.07. The van der Waals surface area contributed by atoms with Crippen LogP contribution < -0.4 is 21.3 Å². The van der Waals surface area contributed by atoms with Gasteiger partial charge in [-0.1, -0.05) is 0 Å². The van der Waals surface area contributed by atoms with E-state index < -0.39 is 0 Å². The summed E-state index contributed by atoms with van der Waals surface area (Å²) in [7, 11) is 0. The Morgan fingerprint density at radius 3 is 0.960 bits per heavy atom. The van der Waals surface area contributed by atoms with Crippen molar-refractivity contribution in [1.82, 2.24) is 21.3 Å². The van der Waals surface area contributed by atoms with E-state index in [4.69, 9.17) is 18.9 Å². The summed E-state index contributed by atoms with van der Waals surface area (Å²) < 4.78 is 21.3. The maximum Gasteiger partial charge on any atom is 0.0933 e. The summed E-state index contributed by atoms with van der Waals surface area (Å²) in [5.41, 5.74) is 0.0908. The molecule has 0 amide bonds. The van der Waals surface area contributed by atoms with Gasteiger partial charge < -0.3 is 40.2 Å². The highest BCUT2D eigenvalue weighted by atomic mass is 16.6. The molecule has 0 aromatic carbocycles. The van der Waals surface area contributed by atoms with Crippen molar-refractivity contribution in [3.05, 3.63) is 0 Å². The van der Waals surface area contributed by atoms with Crippen molar-refractivity contribution < 1.29 is 18.9 Å². The summed E-state index contributed by atoms with van der Waals surface area (Å²) in [5.74, 6) is 0. The Kier molecular flexibility index (Phi) is 6.20. The first-order valence-corrected chi connectivity index (χ1v) is 9.61. The Bertz CT molecular complexity index is 334. The van der Waals surface area contributed by atoms with Crippen LogP contribution in [0.2, 0.25) is 0 Å². The van der Waals surface area contributed by atoms with Gasteiger partial charge in [0.2, 0.25) is 0 Å². The van der Waals surface area contributed by atoms with Gasteiger partial charge >= 0.3 is 0 Å². The van der Waals surface area contributed by atoms with Gasteiger partial charge in [0, 0.05) is 57.8 Å². The van der Waals surface area contributed by atoms with Crippen LogP contribution in [0.4, 0.5) is 0 Å². The number of epoxide rings is 4. The van der Waals surface area contributed by atoms with Gasteiger partial charge in [-0.25, -0.2) is 0 Å². The lowest BCUT2D eigenvalue weighted by molar-refractivity contribution is 0.224. The monoisotopic (exact) mass is 356 g/mol. The summed E-state index contributed by atoms with van der Waals surface area (Å²) in [6, 6.07) is 0. The Labute approximate surface area is 149 Å². The Morgan fingerprint density at radius 2 is 0.760 bits per heavy atom. The summed E-state index contributed by atoms with van der Waals surface area (Å²) in [4.78, 5) is 0. The normalized spacial score (nSPS) is 34.6. The van der Waals surface area contributed by atoms with Gasteiger partial charge in [0.1, 0.15) is 0 Å². The van der Waals surface area contributed by atoms with Crippen molar-refractivity contribution >= 4 is 0 Å². The van der Waals surface area contributed by atoms with Crippen molar-refractivity contribution in [3.63, 3.8) is 0 Å². The van der Waals surface area contributed by atoms with Gasteiger partial charge in [0.15, 0.2) is 0 Å². The maximum atomic E-state index is 5.33. The summed E-state index contributed by atoms with van der Waals surface area (Å²) in [6.45, 7) is 11.1. The second-order valence-corrected chi connectivity index (χ2v) is 7.84. The van der Waals surface area contributed by atoms with Crippen LogP contribution >= 0.6 is 0 Å². The fourth-order valence-electron chi connectivity index (χ4n) is 3.11. The predicted octanol–water partition coefficient (Wildman–Crippen LogP) is -2.07. The van der Waals surface area contributed by atoms with E-state index in [0.29, 0.717) is 24.4 Å². The van der Waals surface area contributed by atoms with Crippen LogP contribution in [0, 0.1) is 5.41 Å². The minimum Gasteiger partial charge on any atom is -0.372 e. The van der Waals surface area contributed by atoms with Crippen LogP contribution in [-0.4, -0.2) is 103 Å². The molecule has 0 spiro atoms. The second-order valence-electron chi connectivity index (χ2n) is 7.84. The Hall–Kier alpha value is -0.320. The minimum absolute atomic E-state index is 0.0908. The molecule has 0 saturated carbocycles. The second kappa shape index (κ2) is 8.58. The van der Waals surface area contributed by atoms with E-state index in [1.54, 1.807) is 0 Å². The lowest BCUT2D eigenvalue weighted by Gasteiger charge is -2.35. The molecule has 0 aromatic heterocycles. The SMILES string of the molecule is C(NCC(CNCC1CO1)(CNCC1CO1)CNCC1CO1)C1CO1. The molecule has 4 N–H and O–H groups in total. The zero-order valence-electron chi connectivity index (χ0n) is 14.9. The first-order chi connectivity index (χ1) is 12.3. The first-order valence-electron chi connectivity index (χ1n) is 9.61. The zero-order valence-corrected chi connectivity index (χ0v) is 14.9. The number of ether oxygens (including phenoxy) is 4. The highest BCUT2D eigenvalue weighted by molar-refractivity contribution is 4.92. The molecule has 4 aliphatic heterocycles. The standard InChI is InChI=1S/C17H32N4O4/c1(13-5-22-13)18-9-17(10-19-2-14-6-23-14,11-20-3-15-7-24-15)12-21-4-16-8-25-16/h13-16,18-21H,1-12H2. The number of nitrogens with one attached hydrogen (secondary N) is 4. The third-order valence-electron chi connectivity index (χ3n) is 5.10. The minimum atomic E-state index is 0.0908. The van der Waals surface area contributed by atoms with Gasteiger partial charge in [-0.3, -0.25) is 0 Å². The molecule has 4 fully saturated rings. The molecule has 25 heavy (non-hydrogen) atoms. The Morgan fingerprint density at radius 1 is 0.520 bits per heavy atom. The molecular weight excluding hydrogens is 324 g/mol. The lowest BCUT2D eigenvalue weighted by atomic mass is 9.86. The van der Waals surface area contributed by atoms with E-state index in [2.05, 4.69) is 21.3 Å². The van der Waals surface area contributed by atoms with Crippen molar-refractivity contribution in [2.75, 3.05) is 78.8 Å². The Balaban J connectivity index is 1.27. The molecule has 8 nitrogen and oxygen atoms in total. The third-order valence-corrected chi connectivity index (χ3v) is 5.10. The average molecular weight is 356 g/mol. The van der Waals surface area contributed by atoms with Crippen molar-refractivity contribution in [2.24, 2.45) is 5.41 Å². The topological polar surface area (TPSA) is 98.2 Å². The molecule has 144 valence electrons. The van der Waals surface area contributed by atoms with Gasteiger partial charge in [-0.2, -0.15) is 0 Å². The predicted molar refractivity (Wildman–Crippen MR) is 92.9 cm³/mol. The van der Waals surface area contributed by atoms with E-state index >= 15 is 0 Å². The van der Waals surface area contributed by atoms with Crippen molar-refractivity contribution in [3.8, 4) is 0 Å². The largest absolute Gasteiger partial charge is 0.372 e. The highest BCUT2D eigenvalue weighted by Gasteiger charge is 2.34. The zero-order chi connectivity index (χ0) is 17.0. The van der Waals surface area contributed by atoms with E-state index in [0.717, 1.165) is 78.8 Å². The fraction of sp³-hybridized carbons (Fsp3) is 1.00. The molecule has 8 heteroatoms. The van der Waals surface area contributed by atoms with E-state index in [-0.39, 0.29) is 5.41 Å². The van der Waals surface area contributed by atoms with Crippen LogP contribution in [0.1, 0.15) is 0 Å². The summed E-state index contributed by atoms with van der Waals surface area (Å²) in [5, 5.41) is 14.4. The molecule has 0 radical (unpaired) electrons. The molecule has 0 bridgehead atoms. The van der Waals surface area contributed by atoms with Crippen LogP contribution in [-0.2, 0) is 18.9 Å². The molecule has 4 rings (SSSR count). The smallest absolute Gasteiger partial charge is 0.0933 e. The highest BCUT2D eigenvalue weighted by Crippen LogP contribution is 2.17. The van der Waals surface area contributed by atoms with Gasteiger partial charge in [-0.05, 0) is 0 Å². The quantitative estimate of drug-likeness (QED) is 0.234. The van der Waals surface area contributed by atoms with Crippen LogP contribution in [0.5, 0.6) is 0 Å². The number of hydrogen-bond acceptors (Lipinski definition) is 8. The van der Waals surface area contributed by atoms with E-state index in [1.165, 1.54) is 0 Å². The average Bonchev–Trinajstić information content (AvgIpc) is 3.44. The fourth-order valence-corrected chi connectivity index (χ4v) is 3.11. The molecule has 4 aliphatic rings. The van der Waals surface area contributed by atoms with Gasteiger partial charge in [0.05, 0.1) is 50.8 Å². The van der Waals surface area contributed by atoms with E-state index in [9.17, 15) is 0 Å². The van der Waals surface area contributed by atoms with Crippen molar-refractivity contribution in [1.29, 1.82) is 0 Å².